The number of aliphatic hydroxyl groups is 1. The summed E-state index contributed by atoms with van der Waals surface area (Å²) < 4.78 is 0. The highest BCUT2D eigenvalue weighted by molar-refractivity contribution is 7.17. The number of hydrogen-bond acceptors (Lipinski definition) is 7. The molecular weight excluding hydrogens is 472 g/mol. The first-order valence-corrected chi connectivity index (χ1v) is 12.9. The van der Waals surface area contributed by atoms with Gasteiger partial charge in [-0.25, -0.2) is 4.98 Å². The summed E-state index contributed by atoms with van der Waals surface area (Å²) >= 11 is 4.32. The molecule has 0 saturated heterocycles. The van der Waals surface area contributed by atoms with Crippen LogP contribution in [0.3, 0.4) is 0 Å². The highest BCUT2D eigenvalue weighted by atomic mass is 32.1. The second-order valence-electron chi connectivity index (χ2n) is 7.77. The fourth-order valence-corrected chi connectivity index (χ4v) is 6.77. The maximum Gasteiger partial charge on any atom is 0.290 e. The molecule has 4 heterocycles. The molecule has 1 aromatic carbocycles. The van der Waals surface area contributed by atoms with Crippen LogP contribution >= 0.6 is 34.0 Å². The van der Waals surface area contributed by atoms with Crippen LogP contribution in [0.5, 0.6) is 0 Å². The van der Waals surface area contributed by atoms with Gasteiger partial charge in [-0.15, -0.1) is 34.0 Å². The van der Waals surface area contributed by atoms with E-state index in [0.717, 1.165) is 25.9 Å². The van der Waals surface area contributed by atoms with Crippen molar-refractivity contribution in [3.8, 4) is 10.6 Å². The van der Waals surface area contributed by atoms with Gasteiger partial charge < -0.3 is 10.0 Å². The van der Waals surface area contributed by atoms with Crippen molar-refractivity contribution in [3.63, 3.8) is 0 Å². The van der Waals surface area contributed by atoms with Gasteiger partial charge in [-0.3, -0.25) is 9.59 Å². The van der Waals surface area contributed by atoms with Crippen LogP contribution in [0.25, 0.3) is 10.6 Å². The van der Waals surface area contributed by atoms with Crippen molar-refractivity contribution in [2.75, 3.05) is 0 Å². The van der Waals surface area contributed by atoms with Gasteiger partial charge in [-0.1, -0.05) is 36.4 Å². The molecule has 4 aromatic rings. The van der Waals surface area contributed by atoms with Crippen LogP contribution in [-0.4, -0.2) is 26.7 Å². The highest BCUT2D eigenvalue weighted by Gasteiger charge is 2.45. The summed E-state index contributed by atoms with van der Waals surface area (Å²) in [6.07, 6.45) is 0. The molecule has 1 aliphatic rings. The first-order valence-electron chi connectivity index (χ1n) is 10.3. The Hall–Kier alpha value is -3.07. The highest BCUT2D eigenvalue weighted by Crippen LogP contribution is 2.44. The summed E-state index contributed by atoms with van der Waals surface area (Å²) in [5.74, 6) is -1.33. The van der Waals surface area contributed by atoms with E-state index in [4.69, 9.17) is 0 Å². The number of Topliss-reactive ketones (excluding diaryl/α,β-unsaturated/α-hetero) is 1. The second kappa shape index (κ2) is 8.70. The smallest absolute Gasteiger partial charge is 0.290 e. The molecule has 1 unspecified atom stereocenters. The Morgan fingerprint density at radius 3 is 2.52 bits per heavy atom. The van der Waals surface area contributed by atoms with Crippen molar-refractivity contribution in [1.82, 2.24) is 9.88 Å². The van der Waals surface area contributed by atoms with E-state index in [1.807, 2.05) is 66.2 Å². The average molecular weight is 493 g/mol. The molecule has 5 nitrogen and oxygen atoms in total. The van der Waals surface area contributed by atoms with E-state index in [2.05, 4.69) is 4.98 Å². The number of aromatic nitrogens is 1. The number of thiophene rings is 2. The van der Waals surface area contributed by atoms with E-state index in [1.165, 1.54) is 22.7 Å². The van der Waals surface area contributed by atoms with Crippen LogP contribution in [0.2, 0.25) is 0 Å². The molecule has 1 atom stereocenters. The predicted molar refractivity (Wildman–Crippen MR) is 133 cm³/mol. The summed E-state index contributed by atoms with van der Waals surface area (Å²) in [4.78, 5) is 35.5. The number of carbonyl (C=O) groups excluding carboxylic acids is 2. The maximum absolute atomic E-state index is 13.8. The molecule has 8 heteroatoms. The number of amides is 1. The molecule has 0 bridgehead atoms. The van der Waals surface area contributed by atoms with Gasteiger partial charge in [0.2, 0.25) is 5.78 Å². The van der Waals surface area contributed by atoms with Gasteiger partial charge in [0.15, 0.2) is 5.76 Å². The predicted octanol–water partition coefficient (Wildman–Crippen LogP) is 6.33. The number of rotatable bonds is 6. The molecule has 0 aliphatic carbocycles. The lowest BCUT2D eigenvalue weighted by molar-refractivity contribution is -0.129. The van der Waals surface area contributed by atoms with Gasteiger partial charge in [0, 0.05) is 15.3 Å². The molecule has 0 fully saturated rings. The number of carbonyl (C=O) groups is 2. The Morgan fingerprint density at radius 1 is 1.06 bits per heavy atom. The third-order valence-corrected chi connectivity index (χ3v) is 8.77. The zero-order chi connectivity index (χ0) is 23.1. The molecule has 1 amide bonds. The molecule has 0 radical (unpaired) electrons. The number of benzene rings is 1. The lowest BCUT2D eigenvalue weighted by atomic mass is 9.98. The van der Waals surface area contributed by atoms with Gasteiger partial charge in [-0.05, 0) is 42.3 Å². The fraction of sp³-hybridized carbons (Fsp3) is 0.160. The minimum Gasteiger partial charge on any atom is -0.503 e. The molecule has 1 aliphatic heterocycles. The summed E-state index contributed by atoms with van der Waals surface area (Å²) in [5.41, 5.74) is 2.64. The molecule has 3 aromatic heterocycles. The van der Waals surface area contributed by atoms with Gasteiger partial charge >= 0.3 is 0 Å². The quantitative estimate of drug-likeness (QED) is 0.319. The first-order chi connectivity index (χ1) is 16.0. The van der Waals surface area contributed by atoms with Crippen LogP contribution < -0.4 is 0 Å². The largest absolute Gasteiger partial charge is 0.503 e. The normalized spacial score (nSPS) is 16.1. The monoisotopic (exact) mass is 492 g/mol. The Labute approximate surface area is 203 Å². The van der Waals surface area contributed by atoms with Crippen LogP contribution in [-0.2, 0) is 11.3 Å². The molecule has 33 heavy (non-hydrogen) atoms. The minimum atomic E-state index is -0.631. The molecule has 166 valence electrons. The number of thiazole rings is 1. The summed E-state index contributed by atoms with van der Waals surface area (Å²) in [6, 6.07) is 14.9. The van der Waals surface area contributed by atoms with Gasteiger partial charge in [0.25, 0.3) is 5.91 Å². The van der Waals surface area contributed by atoms with Crippen LogP contribution in [0.1, 0.15) is 36.7 Å². The van der Waals surface area contributed by atoms with Crippen molar-refractivity contribution in [1.29, 1.82) is 0 Å². The lowest BCUT2D eigenvalue weighted by Crippen LogP contribution is -2.30. The van der Waals surface area contributed by atoms with E-state index in [9.17, 15) is 14.7 Å². The minimum absolute atomic E-state index is 0.133. The van der Waals surface area contributed by atoms with Crippen LogP contribution in [0, 0.1) is 13.8 Å². The van der Waals surface area contributed by atoms with Crippen LogP contribution in [0.4, 0.5) is 0 Å². The van der Waals surface area contributed by atoms with Crippen molar-refractivity contribution in [3.05, 3.63) is 96.5 Å². The maximum atomic E-state index is 13.8. The molecule has 5 rings (SSSR count). The Morgan fingerprint density at radius 2 is 1.85 bits per heavy atom. The number of nitrogens with zero attached hydrogens (tertiary/aromatic N) is 2. The van der Waals surface area contributed by atoms with E-state index >= 15 is 0 Å². The number of ketones is 1. The zero-order valence-corrected chi connectivity index (χ0v) is 20.4. The summed E-state index contributed by atoms with van der Waals surface area (Å²) in [7, 11) is 0. The van der Waals surface area contributed by atoms with E-state index in [0.29, 0.717) is 17.1 Å². The Kier molecular flexibility index (Phi) is 5.74. The third-order valence-electron chi connectivity index (χ3n) is 5.63. The van der Waals surface area contributed by atoms with Gasteiger partial charge in [-0.2, -0.15) is 0 Å². The zero-order valence-electron chi connectivity index (χ0n) is 17.9. The van der Waals surface area contributed by atoms with Gasteiger partial charge in [0.05, 0.1) is 22.7 Å². The number of hydrogen-bond donors (Lipinski definition) is 1. The number of aliphatic hydroxyl groups excluding tert-OH is 1. The number of aryl methyl sites for hydroxylation is 2. The third kappa shape index (κ3) is 3.84. The Bertz CT molecular complexity index is 1370. The molecule has 0 saturated carbocycles. The molecule has 1 N–H and O–H groups in total. The van der Waals surface area contributed by atoms with E-state index in [1.54, 1.807) is 23.2 Å². The molecule has 0 spiro atoms. The lowest BCUT2D eigenvalue weighted by Gasteiger charge is -2.26. The summed E-state index contributed by atoms with van der Waals surface area (Å²) in [6.45, 7) is 4.08. The van der Waals surface area contributed by atoms with Crippen molar-refractivity contribution in [2.45, 2.75) is 26.4 Å². The molecular formula is C25H20N2O3S3. The van der Waals surface area contributed by atoms with Gasteiger partial charge in [0.1, 0.15) is 11.0 Å². The van der Waals surface area contributed by atoms with Crippen molar-refractivity contribution >= 4 is 45.7 Å². The van der Waals surface area contributed by atoms with Crippen LogP contribution in [0.15, 0.2) is 70.6 Å². The van der Waals surface area contributed by atoms with E-state index < -0.39 is 17.7 Å². The second-order valence-corrected chi connectivity index (χ2v) is 10.8. The topological polar surface area (TPSA) is 70.5 Å². The average Bonchev–Trinajstić information content (AvgIpc) is 3.60. The Balaban J connectivity index is 1.58. The fourth-order valence-electron chi connectivity index (χ4n) is 3.99. The SMILES string of the molecule is Cc1ccsc1C1C(C(=O)c2sc(-c3ccccc3)nc2C)=C(O)C(=O)N1Cc1cccs1. The van der Waals surface area contributed by atoms with Crippen molar-refractivity contribution in [2.24, 2.45) is 0 Å². The van der Waals surface area contributed by atoms with E-state index in [-0.39, 0.29) is 11.4 Å². The van der Waals surface area contributed by atoms with Crippen molar-refractivity contribution < 1.29 is 14.7 Å². The summed E-state index contributed by atoms with van der Waals surface area (Å²) in [5, 5.41) is 15.6. The standard InChI is InChI=1S/C25H20N2O3S3/c1-14-10-12-32-22(14)19-18(21(29)25(30)27(19)13-17-9-6-11-31-17)20(28)23-15(2)26-24(33-23)16-7-4-3-5-8-16/h3-12,19,29H,13H2,1-2H3. The first kappa shape index (κ1) is 21.8.